The Morgan fingerprint density at radius 2 is 1.67 bits per heavy atom. The Morgan fingerprint density at radius 3 is 2.50 bits per heavy atom. The second-order valence-electron chi connectivity index (χ2n) is 7.66. The van der Waals surface area contributed by atoms with E-state index < -0.39 is 0 Å². The number of benzene rings is 3. The third-order valence-corrected chi connectivity index (χ3v) is 5.29. The van der Waals surface area contributed by atoms with E-state index in [9.17, 15) is 0 Å². The zero-order chi connectivity index (χ0) is 20.6. The molecule has 0 radical (unpaired) electrons. The smallest absolute Gasteiger partial charge is 0.119 e. The summed E-state index contributed by atoms with van der Waals surface area (Å²) in [6.07, 6.45) is 2.98. The molecule has 0 amide bonds. The molecular weight excluding hydrogens is 374 g/mol. The van der Waals surface area contributed by atoms with Crippen molar-refractivity contribution in [2.24, 2.45) is 0 Å². The van der Waals surface area contributed by atoms with E-state index in [-0.39, 0.29) is 12.1 Å². The van der Waals surface area contributed by atoms with E-state index in [0.717, 1.165) is 36.4 Å². The molecule has 0 bridgehead atoms. The monoisotopic (exact) mass is 403 g/mol. The molecule has 1 heterocycles. The van der Waals surface area contributed by atoms with Gasteiger partial charge in [-0.15, -0.1) is 0 Å². The Bertz CT molecular complexity index is 915. The summed E-state index contributed by atoms with van der Waals surface area (Å²) in [5.41, 5.74) is 15.7. The van der Waals surface area contributed by atoms with Crippen molar-refractivity contribution < 1.29 is 9.47 Å². The first-order valence-corrected chi connectivity index (χ1v) is 10.5. The fourth-order valence-corrected chi connectivity index (χ4v) is 3.64. The number of nitrogen functional groups attached to an aromatic ring is 1. The number of nitrogens with two attached hydrogens (primary N) is 1. The van der Waals surface area contributed by atoms with E-state index >= 15 is 0 Å². The van der Waals surface area contributed by atoms with E-state index in [1.165, 1.54) is 11.1 Å². The van der Waals surface area contributed by atoms with Crippen LogP contribution in [-0.4, -0.2) is 19.3 Å². The summed E-state index contributed by atoms with van der Waals surface area (Å²) in [5.74, 6) is 1.75. The van der Waals surface area contributed by atoms with Crippen LogP contribution in [0.3, 0.4) is 0 Å². The van der Waals surface area contributed by atoms with E-state index in [2.05, 4.69) is 53.3 Å². The van der Waals surface area contributed by atoms with Gasteiger partial charge in [-0.1, -0.05) is 42.5 Å². The number of ether oxygens (including phenoxy) is 2. The number of nitrogens with one attached hydrogen (secondary N) is 2. The Morgan fingerprint density at radius 1 is 0.833 bits per heavy atom. The van der Waals surface area contributed by atoms with Gasteiger partial charge in [-0.05, 0) is 66.8 Å². The summed E-state index contributed by atoms with van der Waals surface area (Å²) < 4.78 is 11.9. The predicted molar refractivity (Wildman–Crippen MR) is 120 cm³/mol. The lowest BCUT2D eigenvalue weighted by Crippen LogP contribution is -2.34. The highest BCUT2D eigenvalue weighted by Gasteiger charge is 2.25. The maximum Gasteiger partial charge on any atom is 0.119 e. The Labute approximate surface area is 178 Å². The van der Waals surface area contributed by atoms with Crippen molar-refractivity contribution in [2.45, 2.75) is 31.3 Å². The van der Waals surface area contributed by atoms with Crippen LogP contribution in [0.4, 0.5) is 5.69 Å². The van der Waals surface area contributed by atoms with Crippen molar-refractivity contribution in [3.8, 4) is 11.5 Å². The van der Waals surface area contributed by atoms with Crippen molar-refractivity contribution in [1.82, 2.24) is 10.9 Å². The quantitative estimate of drug-likeness (QED) is 0.368. The molecule has 4 rings (SSSR count). The number of hydrogen-bond donors (Lipinski definition) is 3. The second-order valence-corrected chi connectivity index (χ2v) is 7.66. The second kappa shape index (κ2) is 10.1. The van der Waals surface area contributed by atoms with Crippen LogP contribution < -0.4 is 26.1 Å². The summed E-state index contributed by atoms with van der Waals surface area (Å²) in [5, 5.41) is 0. The minimum absolute atomic E-state index is 0.234. The molecule has 1 fully saturated rings. The van der Waals surface area contributed by atoms with Crippen LogP contribution in [0.5, 0.6) is 11.5 Å². The summed E-state index contributed by atoms with van der Waals surface area (Å²) in [7, 11) is 0. The van der Waals surface area contributed by atoms with E-state index in [1.807, 2.05) is 36.4 Å². The molecule has 156 valence electrons. The van der Waals surface area contributed by atoms with Gasteiger partial charge in [0.05, 0.1) is 12.6 Å². The number of hydrogen-bond acceptors (Lipinski definition) is 5. The minimum atomic E-state index is 0.234. The van der Waals surface area contributed by atoms with Gasteiger partial charge < -0.3 is 15.2 Å². The molecule has 0 saturated carbocycles. The van der Waals surface area contributed by atoms with Gasteiger partial charge in [0.1, 0.15) is 18.1 Å². The summed E-state index contributed by atoms with van der Waals surface area (Å²) in [6, 6.07) is 26.8. The molecule has 30 heavy (non-hydrogen) atoms. The van der Waals surface area contributed by atoms with Gasteiger partial charge in [0.15, 0.2) is 0 Å². The van der Waals surface area contributed by atoms with Gasteiger partial charge in [0.2, 0.25) is 0 Å². The third-order valence-electron chi connectivity index (χ3n) is 5.29. The molecule has 5 nitrogen and oxygen atoms in total. The lowest BCUT2D eigenvalue weighted by atomic mass is 10.0. The van der Waals surface area contributed by atoms with Crippen LogP contribution in [0.2, 0.25) is 0 Å². The number of rotatable bonds is 9. The summed E-state index contributed by atoms with van der Waals surface area (Å²) in [4.78, 5) is 0. The van der Waals surface area contributed by atoms with Crippen LogP contribution in [0.15, 0.2) is 78.9 Å². The average Bonchev–Trinajstić information content (AvgIpc) is 3.27. The molecule has 4 N–H and O–H groups in total. The molecule has 0 aliphatic carbocycles. The van der Waals surface area contributed by atoms with Crippen molar-refractivity contribution in [2.75, 3.05) is 18.9 Å². The molecule has 1 saturated heterocycles. The maximum atomic E-state index is 5.99. The Balaban J connectivity index is 1.23. The van der Waals surface area contributed by atoms with E-state index in [1.54, 1.807) is 0 Å². The topological polar surface area (TPSA) is 68.5 Å². The zero-order valence-electron chi connectivity index (χ0n) is 17.1. The predicted octanol–water partition coefficient (Wildman–Crippen LogP) is 4.27. The van der Waals surface area contributed by atoms with Crippen LogP contribution >= 0.6 is 0 Å². The van der Waals surface area contributed by atoms with Crippen molar-refractivity contribution >= 4 is 5.69 Å². The molecule has 2 unspecified atom stereocenters. The highest BCUT2D eigenvalue weighted by Crippen LogP contribution is 2.26. The molecule has 0 spiro atoms. The third kappa shape index (κ3) is 5.75. The molecule has 3 aromatic rings. The normalized spacial score (nSPS) is 18.3. The number of hydrazine groups is 1. The Kier molecular flexibility index (Phi) is 6.85. The highest BCUT2D eigenvalue weighted by molar-refractivity contribution is 5.41. The molecule has 1 aliphatic rings. The summed E-state index contributed by atoms with van der Waals surface area (Å²) >= 11 is 0. The number of aryl methyl sites for hydroxylation is 1. The van der Waals surface area contributed by atoms with Gasteiger partial charge in [0, 0.05) is 11.7 Å². The Hall–Kier alpha value is -3.02. The van der Waals surface area contributed by atoms with E-state index in [4.69, 9.17) is 15.2 Å². The SMILES string of the molecule is Nc1ccc(OCC2CC(c3cccc(OCCCc4ccccc4)c3)NN2)cc1. The van der Waals surface area contributed by atoms with Crippen molar-refractivity contribution in [1.29, 1.82) is 0 Å². The summed E-state index contributed by atoms with van der Waals surface area (Å²) in [6.45, 7) is 1.32. The highest BCUT2D eigenvalue weighted by atomic mass is 16.5. The van der Waals surface area contributed by atoms with Crippen LogP contribution in [-0.2, 0) is 6.42 Å². The first-order valence-electron chi connectivity index (χ1n) is 10.5. The molecular formula is C25H29N3O2. The zero-order valence-corrected chi connectivity index (χ0v) is 17.1. The fourth-order valence-electron chi connectivity index (χ4n) is 3.64. The lowest BCUT2D eigenvalue weighted by Gasteiger charge is -2.13. The lowest BCUT2D eigenvalue weighted by molar-refractivity contribution is 0.273. The van der Waals surface area contributed by atoms with Crippen LogP contribution in [0, 0.1) is 0 Å². The fraction of sp³-hybridized carbons (Fsp3) is 0.280. The maximum absolute atomic E-state index is 5.99. The van der Waals surface area contributed by atoms with Crippen molar-refractivity contribution in [3.63, 3.8) is 0 Å². The number of anilines is 1. The largest absolute Gasteiger partial charge is 0.494 e. The van der Waals surface area contributed by atoms with Crippen LogP contribution in [0.25, 0.3) is 0 Å². The molecule has 5 heteroatoms. The molecule has 3 aromatic carbocycles. The average molecular weight is 404 g/mol. The molecule has 1 aliphatic heterocycles. The molecule has 2 atom stereocenters. The minimum Gasteiger partial charge on any atom is -0.494 e. The van der Waals surface area contributed by atoms with E-state index in [0.29, 0.717) is 13.2 Å². The first-order chi connectivity index (χ1) is 14.8. The standard InChI is InChI=1S/C25H29N3O2/c26-21-11-13-23(14-12-21)30-18-22-17-25(28-27-22)20-9-4-10-24(16-20)29-15-5-8-19-6-2-1-3-7-19/h1-4,6-7,9-14,16,22,25,27-28H,5,8,15,17-18,26H2. The van der Waals surface area contributed by atoms with Crippen molar-refractivity contribution in [3.05, 3.63) is 90.0 Å². The van der Waals surface area contributed by atoms with Gasteiger partial charge in [-0.25, -0.2) is 5.43 Å². The molecule has 0 aromatic heterocycles. The van der Waals surface area contributed by atoms with Gasteiger partial charge >= 0.3 is 0 Å². The van der Waals surface area contributed by atoms with Gasteiger partial charge in [-0.2, -0.15) is 0 Å². The first kappa shape index (κ1) is 20.3. The van der Waals surface area contributed by atoms with Gasteiger partial charge in [-0.3, -0.25) is 5.43 Å². The van der Waals surface area contributed by atoms with Gasteiger partial charge in [0.25, 0.3) is 0 Å². The van der Waals surface area contributed by atoms with Crippen LogP contribution in [0.1, 0.15) is 30.0 Å².